The maximum Gasteiger partial charge on any atom is 0.161 e. The van der Waals surface area contributed by atoms with Gasteiger partial charge in [-0.25, -0.2) is 0 Å². The summed E-state index contributed by atoms with van der Waals surface area (Å²) in [4.78, 5) is 0. The van der Waals surface area contributed by atoms with Gasteiger partial charge in [0, 0.05) is 5.02 Å². The SMILES string of the molecule is COc1ccccc1OCCOCCOc1cc(C)c(Cl)cc1C. The first kappa shape index (κ1) is 18.4. The van der Waals surface area contributed by atoms with E-state index in [0.29, 0.717) is 32.2 Å². The number of methoxy groups -OCH3 is 1. The summed E-state index contributed by atoms with van der Waals surface area (Å²) in [5.74, 6) is 2.27. The number of hydrogen-bond acceptors (Lipinski definition) is 4. The van der Waals surface area contributed by atoms with Crippen LogP contribution in [0.25, 0.3) is 0 Å². The molecule has 0 aliphatic rings. The van der Waals surface area contributed by atoms with Crippen molar-refractivity contribution in [3.8, 4) is 17.2 Å². The lowest BCUT2D eigenvalue weighted by Crippen LogP contribution is -2.12. The predicted molar refractivity (Wildman–Crippen MR) is 95.7 cm³/mol. The third-order valence-electron chi connectivity index (χ3n) is 3.50. The number of benzene rings is 2. The molecular weight excluding hydrogens is 328 g/mol. The van der Waals surface area contributed by atoms with Gasteiger partial charge in [0.25, 0.3) is 0 Å². The molecule has 0 aliphatic heterocycles. The van der Waals surface area contributed by atoms with Crippen LogP contribution in [0.1, 0.15) is 11.1 Å². The van der Waals surface area contributed by atoms with Crippen LogP contribution in [0.5, 0.6) is 17.2 Å². The first-order valence-corrected chi connectivity index (χ1v) is 8.22. The van der Waals surface area contributed by atoms with Crippen LogP contribution in [0.2, 0.25) is 5.02 Å². The van der Waals surface area contributed by atoms with E-state index in [2.05, 4.69) is 0 Å². The Kier molecular flexibility index (Phi) is 7.22. The van der Waals surface area contributed by atoms with Gasteiger partial charge in [-0.15, -0.1) is 0 Å². The van der Waals surface area contributed by atoms with Crippen molar-refractivity contribution in [3.05, 3.63) is 52.5 Å². The van der Waals surface area contributed by atoms with Gasteiger partial charge in [-0.05, 0) is 49.2 Å². The van der Waals surface area contributed by atoms with Gasteiger partial charge in [-0.3, -0.25) is 0 Å². The van der Waals surface area contributed by atoms with Gasteiger partial charge in [0.05, 0.1) is 20.3 Å². The standard InChI is InChI=1S/C19H23ClO4/c1-14-13-19(15(2)12-16(14)20)24-11-9-22-8-10-23-18-7-5-4-6-17(18)21-3/h4-7,12-13H,8-11H2,1-3H3. The van der Waals surface area contributed by atoms with E-state index in [1.165, 1.54) is 0 Å². The highest BCUT2D eigenvalue weighted by molar-refractivity contribution is 6.31. The minimum absolute atomic E-state index is 0.458. The monoisotopic (exact) mass is 350 g/mol. The lowest BCUT2D eigenvalue weighted by atomic mass is 10.1. The predicted octanol–water partition coefficient (Wildman–Crippen LogP) is 4.44. The van der Waals surface area contributed by atoms with E-state index in [4.69, 9.17) is 30.5 Å². The van der Waals surface area contributed by atoms with Crippen molar-refractivity contribution >= 4 is 11.6 Å². The van der Waals surface area contributed by atoms with Crippen LogP contribution in [0, 0.1) is 13.8 Å². The Morgan fingerprint density at radius 3 is 2.08 bits per heavy atom. The second-order valence-corrected chi connectivity index (χ2v) is 5.73. The number of ether oxygens (including phenoxy) is 4. The normalized spacial score (nSPS) is 10.5. The van der Waals surface area contributed by atoms with Crippen molar-refractivity contribution in [2.45, 2.75) is 13.8 Å². The van der Waals surface area contributed by atoms with Crippen molar-refractivity contribution < 1.29 is 18.9 Å². The first-order chi connectivity index (χ1) is 11.6. The Labute approximate surface area is 148 Å². The Bertz CT molecular complexity index is 658. The Balaban J connectivity index is 1.64. The molecule has 2 rings (SSSR count). The quantitative estimate of drug-likeness (QED) is 0.626. The molecule has 0 saturated carbocycles. The summed E-state index contributed by atoms with van der Waals surface area (Å²) < 4.78 is 22.1. The van der Waals surface area contributed by atoms with E-state index in [9.17, 15) is 0 Å². The summed E-state index contributed by atoms with van der Waals surface area (Å²) in [5, 5.41) is 0.754. The summed E-state index contributed by atoms with van der Waals surface area (Å²) in [6, 6.07) is 11.4. The van der Waals surface area contributed by atoms with E-state index in [0.717, 1.165) is 27.6 Å². The molecule has 130 valence electrons. The zero-order valence-electron chi connectivity index (χ0n) is 14.3. The van der Waals surface area contributed by atoms with E-state index in [1.54, 1.807) is 7.11 Å². The van der Waals surface area contributed by atoms with Crippen molar-refractivity contribution in [3.63, 3.8) is 0 Å². The summed E-state index contributed by atoms with van der Waals surface area (Å²) in [6.07, 6.45) is 0. The molecule has 0 saturated heterocycles. The Hall–Kier alpha value is -1.91. The third-order valence-corrected chi connectivity index (χ3v) is 3.90. The second-order valence-electron chi connectivity index (χ2n) is 5.33. The summed E-state index contributed by atoms with van der Waals surface area (Å²) in [6.45, 7) is 5.86. The lowest BCUT2D eigenvalue weighted by molar-refractivity contribution is 0.0755. The summed E-state index contributed by atoms with van der Waals surface area (Å²) in [7, 11) is 1.62. The fraction of sp³-hybridized carbons (Fsp3) is 0.368. The summed E-state index contributed by atoms with van der Waals surface area (Å²) >= 11 is 6.07. The topological polar surface area (TPSA) is 36.9 Å². The zero-order chi connectivity index (χ0) is 17.4. The van der Waals surface area contributed by atoms with E-state index < -0.39 is 0 Å². The van der Waals surface area contributed by atoms with E-state index in [-0.39, 0.29) is 0 Å². The first-order valence-electron chi connectivity index (χ1n) is 7.85. The molecule has 0 N–H and O–H groups in total. The molecule has 4 nitrogen and oxygen atoms in total. The number of aryl methyl sites for hydroxylation is 2. The molecule has 0 atom stereocenters. The second kappa shape index (κ2) is 9.40. The van der Waals surface area contributed by atoms with E-state index >= 15 is 0 Å². The maximum absolute atomic E-state index is 6.07. The highest BCUT2D eigenvalue weighted by atomic mass is 35.5. The van der Waals surface area contributed by atoms with Crippen molar-refractivity contribution in [1.82, 2.24) is 0 Å². The van der Waals surface area contributed by atoms with Crippen molar-refractivity contribution in [2.75, 3.05) is 33.5 Å². The molecule has 0 spiro atoms. The molecule has 5 heteroatoms. The highest BCUT2D eigenvalue weighted by Crippen LogP contribution is 2.26. The largest absolute Gasteiger partial charge is 0.493 e. The molecule has 0 aliphatic carbocycles. The third kappa shape index (κ3) is 5.32. The fourth-order valence-electron chi connectivity index (χ4n) is 2.17. The van der Waals surface area contributed by atoms with Gasteiger partial charge in [-0.1, -0.05) is 23.7 Å². The average Bonchev–Trinajstić information content (AvgIpc) is 2.58. The fourth-order valence-corrected chi connectivity index (χ4v) is 2.39. The molecule has 0 amide bonds. The van der Waals surface area contributed by atoms with Crippen LogP contribution in [-0.2, 0) is 4.74 Å². The molecule has 0 heterocycles. The van der Waals surface area contributed by atoms with Gasteiger partial charge >= 0.3 is 0 Å². The van der Waals surface area contributed by atoms with Crippen LogP contribution < -0.4 is 14.2 Å². The van der Waals surface area contributed by atoms with Gasteiger partial charge in [0.1, 0.15) is 19.0 Å². The van der Waals surface area contributed by atoms with Gasteiger partial charge in [0.15, 0.2) is 11.5 Å². The van der Waals surface area contributed by atoms with Crippen LogP contribution in [0.15, 0.2) is 36.4 Å². The van der Waals surface area contributed by atoms with Crippen LogP contribution in [-0.4, -0.2) is 33.5 Å². The maximum atomic E-state index is 6.07. The van der Waals surface area contributed by atoms with Crippen molar-refractivity contribution in [2.24, 2.45) is 0 Å². The van der Waals surface area contributed by atoms with Gasteiger partial charge < -0.3 is 18.9 Å². The van der Waals surface area contributed by atoms with E-state index in [1.807, 2.05) is 50.2 Å². The van der Waals surface area contributed by atoms with Crippen LogP contribution >= 0.6 is 11.6 Å². The zero-order valence-corrected chi connectivity index (χ0v) is 15.1. The van der Waals surface area contributed by atoms with Crippen LogP contribution in [0.3, 0.4) is 0 Å². The van der Waals surface area contributed by atoms with Crippen LogP contribution in [0.4, 0.5) is 0 Å². The number of hydrogen-bond donors (Lipinski definition) is 0. The molecule has 0 fully saturated rings. The molecule has 0 aromatic heterocycles. The molecule has 2 aromatic rings. The molecule has 0 bridgehead atoms. The lowest BCUT2D eigenvalue weighted by Gasteiger charge is -2.12. The van der Waals surface area contributed by atoms with Gasteiger partial charge in [-0.2, -0.15) is 0 Å². The Morgan fingerprint density at radius 1 is 0.792 bits per heavy atom. The molecule has 0 unspecified atom stereocenters. The molecular formula is C19H23ClO4. The molecule has 2 aromatic carbocycles. The van der Waals surface area contributed by atoms with Gasteiger partial charge in [0.2, 0.25) is 0 Å². The van der Waals surface area contributed by atoms with Crippen molar-refractivity contribution in [1.29, 1.82) is 0 Å². The molecule has 0 radical (unpaired) electrons. The smallest absolute Gasteiger partial charge is 0.161 e. The number of rotatable bonds is 9. The molecule has 24 heavy (non-hydrogen) atoms. The minimum atomic E-state index is 0.458. The number of para-hydroxylation sites is 2. The minimum Gasteiger partial charge on any atom is -0.493 e. The highest BCUT2D eigenvalue weighted by Gasteiger charge is 2.04. The summed E-state index contributed by atoms with van der Waals surface area (Å²) in [5.41, 5.74) is 2.02. The number of halogens is 1. The average molecular weight is 351 g/mol. The Morgan fingerprint density at radius 2 is 1.42 bits per heavy atom.